The summed E-state index contributed by atoms with van der Waals surface area (Å²) in [6, 6.07) is 0.694. The van der Waals surface area contributed by atoms with Crippen molar-refractivity contribution in [3.63, 3.8) is 0 Å². The molecular formula is C12H28NO+. The molecule has 14 heavy (non-hydrogen) atoms. The Kier molecular flexibility index (Phi) is 6.38. The highest BCUT2D eigenvalue weighted by Gasteiger charge is 2.13. The monoisotopic (exact) mass is 202 g/mol. The normalized spacial score (nSPS) is 14.8. The smallest absolute Gasteiger partial charge is 0.0830 e. The Hall–Kier alpha value is -0.0800. The Morgan fingerprint density at radius 1 is 1.21 bits per heavy atom. The van der Waals surface area contributed by atoms with Gasteiger partial charge in [-0.3, -0.25) is 0 Å². The van der Waals surface area contributed by atoms with E-state index in [2.05, 4.69) is 26.1 Å². The molecule has 0 aliphatic rings. The number of hydrogen-bond donors (Lipinski definition) is 2. The summed E-state index contributed by atoms with van der Waals surface area (Å²) in [7, 11) is 0. The Morgan fingerprint density at radius 3 is 2.21 bits per heavy atom. The van der Waals surface area contributed by atoms with Gasteiger partial charge in [-0.15, -0.1) is 0 Å². The molecule has 0 radical (unpaired) electrons. The fraction of sp³-hybridized carbons (Fsp3) is 1.00. The maximum Gasteiger partial charge on any atom is 0.0830 e. The van der Waals surface area contributed by atoms with Crippen LogP contribution in [0, 0.1) is 5.92 Å². The van der Waals surface area contributed by atoms with Crippen molar-refractivity contribution in [1.29, 1.82) is 0 Å². The Bertz CT molecular complexity index is 138. The molecule has 0 bridgehead atoms. The van der Waals surface area contributed by atoms with Crippen LogP contribution in [-0.2, 0) is 0 Å². The van der Waals surface area contributed by atoms with Crippen LogP contribution in [0.4, 0.5) is 0 Å². The number of hydrogen-bond acceptors (Lipinski definition) is 1. The lowest BCUT2D eigenvalue weighted by Crippen LogP contribution is -2.90. The summed E-state index contributed by atoms with van der Waals surface area (Å²) < 4.78 is 0. The number of rotatable bonds is 7. The van der Waals surface area contributed by atoms with Gasteiger partial charge in [0.15, 0.2) is 0 Å². The SMILES string of the molecule is CC(C)C[NH2+][C@H](C)CCCC(C)(C)O. The molecule has 0 saturated carbocycles. The highest BCUT2D eigenvalue weighted by atomic mass is 16.3. The lowest BCUT2D eigenvalue weighted by Gasteiger charge is -2.18. The second kappa shape index (κ2) is 6.41. The highest BCUT2D eigenvalue weighted by molar-refractivity contribution is 4.65. The van der Waals surface area contributed by atoms with E-state index in [1.807, 2.05) is 13.8 Å². The maximum absolute atomic E-state index is 9.54. The van der Waals surface area contributed by atoms with Crippen LogP contribution in [-0.4, -0.2) is 23.3 Å². The van der Waals surface area contributed by atoms with Crippen molar-refractivity contribution < 1.29 is 10.4 Å². The van der Waals surface area contributed by atoms with Crippen LogP contribution < -0.4 is 5.32 Å². The summed E-state index contributed by atoms with van der Waals surface area (Å²) in [4.78, 5) is 0. The highest BCUT2D eigenvalue weighted by Crippen LogP contribution is 2.12. The van der Waals surface area contributed by atoms with Crippen molar-refractivity contribution in [2.24, 2.45) is 5.92 Å². The van der Waals surface area contributed by atoms with E-state index in [1.54, 1.807) is 0 Å². The van der Waals surface area contributed by atoms with Crippen LogP contribution in [0.1, 0.15) is 53.9 Å². The molecule has 0 rings (SSSR count). The summed E-state index contributed by atoms with van der Waals surface area (Å²) in [5.41, 5.74) is -0.488. The van der Waals surface area contributed by atoms with E-state index in [-0.39, 0.29) is 0 Å². The summed E-state index contributed by atoms with van der Waals surface area (Å²) in [6.45, 7) is 11.8. The first-order valence-electron chi connectivity index (χ1n) is 5.87. The van der Waals surface area contributed by atoms with Crippen molar-refractivity contribution in [2.75, 3.05) is 6.54 Å². The zero-order valence-corrected chi connectivity index (χ0v) is 10.5. The fourth-order valence-corrected chi connectivity index (χ4v) is 1.48. The van der Waals surface area contributed by atoms with Crippen LogP contribution in [0.2, 0.25) is 0 Å². The third kappa shape index (κ3) is 10.0. The molecule has 0 spiro atoms. The van der Waals surface area contributed by atoms with Crippen LogP contribution in [0.3, 0.4) is 0 Å². The van der Waals surface area contributed by atoms with Gasteiger partial charge in [-0.25, -0.2) is 0 Å². The van der Waals surface area contributed by atoms with Crippen molar-refractivity contribution in [2.45, 2.75) is 65.5 Å². The maximum atomic E-state index is 9.54. The third-order valence-corrected chi connectivity index (χ3v) is 2.46. The summed E-state index contributed by atoms with van der Waals surface area (Å²) in [5, 5.41) is 12.0. The van der Waals surface area contributed by atoms with E-state index in [0.717, 1.165) is 18.8 Å². The van der Waals surface area contributed by atoms with Gasteiger partial charge in [0.25, 0.3) is 0 Å². The van der Waals surface area contributed by atoms with Crippen molar-refractivity contribution in [3.05, 3.63) is 0 Å². The first kappa shape index (κ1) is 13.9. The van der Waals surface area contributed by atoms with E-state index in [0.29, 0.717) is 6.04 Å². The largest absolute Gasteiger partial charge is 0.390 e. The molecule has 0 aliphatic carbocycles. The number of nitrogens with two attached hydrogens (primary N) is 1. The Morgan fingerprint density at radius 2 is 1.79 bits per heavy atom. The van der Waals surface area contributed by atoms with E-state index in [9.17, 15) is 5.11 Å². The molecular weight excluding hydrogens is 174 g/mol. The molecule has 2 heteroatoms. The van der Waals surface area contributed by atoms with Gasteiger partial charge in [-0.05, 0) is 40.0 Å². The predicted octanol–water partition coefficient (Wildman–Crippen LogP) is 1.54. The molecule has 0 aromatic carbocycles. The van der Waals surface area contributed by atoms with E-state index >= 15 is 0 Å². The van der Waals surface area contributed by atoms with E-state index < -0.39 is 5.60 Å². The summed E-state index contributed by atoms with van der Waals surface area (Å²) in [5.74, 6) is 0.770. The summed E-state index contributed by atoms with van der Waals surface area (Å²) >= 11 is 0. The van der Waals surface area contributed by atoms with Crippen LogP contribution >= 0.6 is 0 Å². The lowest BCUT2D eigenvalue weighted by molar-refractivity contribution is -0.691. The Labute approximate surface area is 89.1 Å². The van der Waals surface area contributed by atoms with Gasteiger partial charge in [0.05, 0.1) is 18.2 Å². The molecule has 0 aromatic rings. The molecule has 0 unspecified atom stereocenters. The predicted molar refractivity (Wildman–Crippen MR) is 61.2 cm³/mol. The molecule has 1 atom stereocenters. The minimum atomic E-state index is -0.488. The average molecular weight is 202 g/mol. The first-order chi connectivity index (χ1) is 6.31. The second-order valence-electron chi connectivity index (χ2n) is 5.55. The quantitative estimate of drug-likeness (QED) is 0.645. The molecule has 0 saturated heterocycles. The fourth-order valence-electron chi connectivity index (χ4n) is 1.48. The van der Waals surface area contributed by atoms with Crippen LogP contribution in [0.25, 0.3) is 0 Å². The van der Waals surface area contributed by atoms with Gasteiger partial charge in [-0.1, -0.05) is 13.8 Å². The topological polar surface area (TPSA) is 36.8 Å². The van der Waals surface area contributed by atoms with Gasteiger partial charge >= 0.3 is 0 Å². The molecule has 0 fully saturated rings. The summed E-state index contributed by atoms with van der Waals surface area (Å²) in [6.07, 6.45) is 3.24. The standard InChI is InChI=1S/C12H27NO/c1-10(2)9-13-11(3)7-6-8-12(4,5)14/h10-11,13-14H,6-9H2,1-5H3/p+1/t11-/m1/s1. The van der Waals surface area contributed by atoms with Crippen molar-refractivity contribution >= 4 is 0 Å². The average Bonchev–Trinajstić information content (AvgIpc) is 1.98. The first-order valence-corrected chi connectivity index (χ1v) is 5.87. The molecule has 0 aliphatic heterocycles. The van der Waals surface area contributed by atoms with Crippen molar-refractivity contribution in [3.8, 4) is 0 Å². The van der Waals surface area contributed by atoms with Gasteiger partial charge in [0.1, 0.15) is 0 Å². The molecule has 2 nitrogen and oxygen atoms in total. The Balaban J connectivity index is 3.40. The minimum absolute atomic E-state index is 0.488. The molecule has 0 aromatic heterocycles. The van der Waals surface area contributed by atoms with Crippen molar-refractivity contribution in [1.82, 2.24) is 0 Å². The molecule has 0 amide bonds. The van der Waals surface area contributed by atoms with Gasteiger partial charge in [0.2, 0.25) is 0 Å². The van der Waals surface area contributed by atoms with Gasteiger partial charge in [-0.2, -0.15) is 0 Å². The zero-order chi connectivity index (χ0) is 11.2. The minimum Gasteiger partial charge on any atom is -0.390 e. The second-order valence-corrected chi connectivity index (χ2v) is 5.55. The number of aliphatic hydroxyl groups is 1. The van der Waals surface area contributed by atoms with E-state index in [4.69, 9.17) is 0 Å². The zero-order valence-electron chi connectivity index (χ0n) is 10.5. The van der Waals surface area contributed by atoms with Crippen LogP contribution in [0.5, 0.6) is 0 Å². The molecule has 3 N–H and O–H groups in total. The molecule has 86 valence electrons. The number of quaternary nitrogens is 1. The van der Waals surface area contributed by atoms with Crippen LogP contribution in [0.15, 0.2) is 0 Å². The third-order valence-electron chi connectivity index (χ3n) is 2.46. The lowest BCUT2D eigenvalue weighted by atomic mass is 9.99. The molecule has 0 heterocycles. The van der Waals surface area contributed by atoms with Gasteiger partial charge < -0.3 is 10.4 Å². The van der Waals surface area contributed by atoms with E-state index in [1.165, 1.54) is 13.0 Å². The van der Waals surface area contributed by atoms with Gasteiger partial charge in [0, 0.05) is 5.92 Å².